The molecule has 2 aliphatic heterocycles. The van der Waals surface area contributed by atoms with Crippen molar-refractivity contribution in [1.29, 1.82) is 0 Å². The van der Waals surface area contributed by atoms with Gasteiger partial charge in [-0.05, 0) is 50.8 Å². The van der Waals surface area contributed by atoms with E-state index >= 15 is 0 Å². The number of hydrogen-bond donors (Lipinski definition) is 0. The van der Waals surface area contributed by atoms with E-state index in [1.807, 2.05) is 0 Å². The van der Waals surface area contributed by atoms with E-state index in [-0.39, 0.29) is 46.7 Å². The second-order valence-electron chi connectivity index (χ2n) is 7.83. The van der Waals surface area contributed by atoms with Crippen molar-refractivity contribution >= 4 is 33.5 Å². The molecular weight excluding hydrogens is 444 g/mol. The molecule has 10 heteroatoms. The van der Waals surface area contributed by atoms with Crippen LogP contribution >= 0.6 is 11.6 Å². The molecule has 2 aliphatic rings. The number of amides is 1. The van der Waals surface area contributed by atoms with Crippen LogP contribution in [0.15, 0.2) is 23.1 Å². The summed E-state index contributed by atoms with van der Waals surface area (Å²) in [4.78, 5) is 26.7. The first-order valence-electron chi connectivity index (χ1n) is 10.6. The summed E-state index contributed by atoms with van der Waals surface area (Å²) in [6.07, 6.45) is 2.16. The molecule has 1 aromatic rings. The van der Waals surface area contributed by atoms with Gasteiger partial charge in [-0.1, -0.05) is 11.6 Å². The molecule has 172 valence electrons. The minimum atomic E-state index is -3.69. The Balaban J connectivity index is 1.55. The first-order chi connectivity index (χ1) is 14.8. The lowest BCUT2D eigenvalue weighted by molar-refractivity contribution is -0.152. The predicted octanol–water partition coefficient (Wildman–Crippen LogP) is 2.55. The molecule has 0 radical (unpaired) electrons. The van der Waals surface area contributed by atoms with Gasteiger partial charge in [0.1, 0.15) is 5.75 Å². The Kier molecular flexibility index (Phi) is 7.82. The van der Waals surface area contributed by atoms with Gasteiger partial charge < -0.3 is 14.4 Å². The third-order valence-electron chi connectivity index (χ3n) is 5.99. The lowest BCUT2D eigenvalue weighted by Gasteiger charge is -2.36. The Labute approximate surface area is 188 Å². The fraction of sp³-hybridized carbons (Fsp3) is 0.619. The molecule has 2 fully saturated rings. The average Bonchev–Trinajstić information content (AvgIpc) is 2.79. The molecule has 31 heavy (non-hydrogen) atoms. The molecule has 2 saturated heterocycles. The number of piperidine rings is 2. The van der Waals surface area contributed by atoms with Crippen molar-refractivity contribution in [3.05, 3.63) is 23.2 Å². The number of ether oxygens (including phenoxy) is 2. The number of methoxy groups -OCH3 is 1. The quantitative estimate of drug-likeness (QED) is 0.591. The van der Waals surface area contributed by atoms with E-state index in [9.17, 15) is 18.0 Å². The van der Waals surface area contributed by atoms with Gasteiger partial charge in [0.05, 0.1) is 29.6 Å². The first kappa shape index (κ1) is 23.8. The molecule has 0 bridgehead atoms. The van der Waals surface area contributed by atoms with E-state index in [1.54, 1.807) is 11.8 Å². The van der Waals surface area contributed by atoms with Crippen molar-refractivity contribution in [3.8, 4) is 5.75 Å². The minimum absolute atomic E-state index is 0.0480. The highest BCUT2D eigenvalue weighted by Gasteiger charge is 2.36. The molecule has 0 aliphatic carbocycles. The van der Waals surface area contributed by atoms with Crippen LogP contribution in [0.5, 0.6) is 5.75 Å². The van der Waals surface area contributed by atoms with Crippen LogP contribution in [0.4, 0.5) is 0 Å². The Hall–Kier alpha value is -1.84. The minimum Gasteiger partial charge on any atom is -0.495 e. The van der Waals surface area contributed by atoms with Crippen LogP contribution in [0.3, 0.4) is 0 Å². The molecule has 3 rings (SSSR count). The molecular formula is C21H29ClN2O6S. The van der Waals surface area contributed by atoms with Crippen LogP contribution in [0.1, 0.15) is 32.6 Å². The van der Waals surface area contributed by atoms with Crippen LogP contribution in [0.2, 0.25) is 5.02 Å². The van der Waals surface area contributed by atoms with Crippen LogP contribution < -0.4 is 4.74 Å². The topological polar surface area (TPSA) is 93.2 Å². The number of nitrogens with zero attached hydrogens (tertiary/aromatic N) is 2. The summed E-state index contributed by atoms with van der Waals surface area (Å²) in [6, 6.07) is 4.40. The van der Waals surface area contributed by atoms with Crippen molar-refractivity contribution in [2.45, 2.75) is 37.5 Å². The molecule has 0 unspecified atom stereocenters. The number of carbonyl (C=O) groups is 2. The maximum atomic E-state index is 13.0. The van der Waals surface area contributed by atoms with Crippen molar-refractivity contribution in [2.24, 2.45) is 11.8 Å². The maximum Gasteiger partial charge on any atom is 0.309 e. The average molecular weight is 473 g/mol. The molecule has 2 heterocycles. The molecule has 0 atom stereocenters. The van der Waals surface area contributed by atoms with Gasteiger partial charge in [0.25, 0.3) is 0 Å². The van der Waals surface area contributed by atoms with Gasteiger partial charge >= 0.3 is 5.97 Å². The van der Waals surface area contributed by atoms with Crippen LogP contribution in [0.25, 0.3) is 0 Å². The number of esters is 1. The molecule has 0 saturated carbocycles. The predicted molar refractivity (Wildman–Crippen MR) is 115 cm³/mol. The van der Waals surface area contributed by atoms with Crippen LogP contribution in [-0.4, -0.2) is 69.4 Å². The van der Waals surface area contributed by atoms with Crippen LogP contribution in [0, 0.1) is 11.8 Å². The highest BCUT2D eigenvalue weighted by atomic mass is 35.5. The van der Waals surface area contributed by atoms with E-state index in [0.29, 0.717) is 51.1 Å². The zero-order chi connectivity index (χ0) is 22.6. The van der Waals surface area contributed by atoms with Crippen molar-refractivity contribution in [1.82, 2.24) is 9.21 Å². The number of rotatable bonds is 6. The molecule has 0 N–H and O–H groups in total. The van der Waals surface area contributed by atoms with Gasteiger partial charge in [-0.3, -0.25) is 9.59 Å². The standard InChI is InChI=1S/C21H29ClN2O6S/c1-3-30-21(26)16-6-10-23(11-7-16)20(25)15-8-12-24(13-9-15)31(27,28)17-4-5-19(29-2)18(22)14-17/h4-5,14-16H,3,6-13H2,1-2H3. The molecule has 1 aromatic carbocycles. The largest absolute Gasteiger partial charge is 0.495 e. The lowest BCUT2D eigenvalue weighted by atomic mass is 9.92. The molecule has 0 aromatic heterocycles. The second-order valence-corrected chi connectivity index (χ2v) is 10.2. The third-order valence-corrected chi connectivity index (χ3v) is 8.18. The van der Waals surface area contributed by atoms with Gasteiger partial charge in [0.15, 0.2) is 0 Å². The summed E-state index contributed by atoms with van der Waals surface area (Å²) in [5.41, 5.74) is 0. The molecule has 0 spiro atoms. The van der Waals surface area contributed by atoms with Crippen LogP contribution in [-0.2, 0) is 24.3 Å². The highest BCUT2D eigenvalue weighted by Crippen LogP contribution is 2.31. The van der Waals surface area contributed by atoms with Gasteiger partial charge in [-0.2, -0.15) is 4.31 Å². The van der Waals surface area contributed by atoms with Crippen molar-refractivity contribution < 1.29 is 27.5 Å². The van der Waals surface area contributed by atoms with E-state index in [2.05, 4.69) is 0 Å². The maximum absolute atomic E-state index is 13.0. The van der Waals surface area contributed by atoms with E-state index in [4.69, 9.17) is 21.1 Å². The number of likely N-dealkylation sites (tertiary alicyclic amines) is 1. The number of carbonyl (C=O) groups excluding carboxylic acids is 2. The zero-order valence-electron chi connectivity index (χ0n) is 17.9. The second kappa shape index (κ2) is 10.2. The first-order valence-corrected chi connectivity index (χ1v) is 12.4. The third kappa shape index (κ3) is 5.32. The Morgan fingerprint density at radius 2 is 1.68 bits per heavy atom. The Morgan fingerprint density at radius 3 is 2.23 bits per heavy atom. The highest BCUT2D eigenvalue weighted by molar-refractivity contribution is 7.89. The smallest absolute Gasteiger partial charge is 0.309 e. The van der Waals surface area contributed by atoms with E-state index < -0.39 is 10.0 Å². The molecule has 1 amide bonds. The van der Waals surface area contributed by atoms with E-state index in [0.717, 1.165) is 0 Å². The van der Waals surface area contributed by atoms with E-state index in [1.165, 1.54) is 29.6 Å². The van der Waals surface area contributed by atoms with Crippen molar-refractivity contribution in [3.63, 3.8) is 0 Å². The fourth-order valence-electron chi connectivity index (χ4n) is 4.15. The normalized spacial score (nSPS) is 19.3. The summed E-state index contributed by atoms with van der Waals surface area (Å²) in [6.45, 7) is 3.77. The summed E-state index contributed by atoms with van der Waals surface area (Å²) in [7, 11) is -2.22. The summed E-state index contributed by atoms with van der Waals surface area (Å²) >= 11 is 6.09. The lowest BCUT2D eigenvalue weighted by Crippen LogP contribution is -2.47. The molecule has 8 nitrogen and oxygen atoms in total. The monoisotopic (exact) mass is 472 g/mol. The summed E-state index contributed by atoms with van der Waals surface area (Å²) in [5.74, 6) is -0.0763. The Bertz CT molecular complexity index is 906. The van der Waals surface area contributed by atoms with Gasteiger partial charge in [-0.25, -0.2) is 8.42 Å². The number of benzene rings is 1. The summed E-state index contributed by atoms with van der Waals surface area (Å²) in [5, 5.41) is 0.236. The number of hydrogen-bond acceptors (Lipinski definition) is 6. The van der Waals surface area contributed by atoms with Crippen molar-refractivity contribution in [2.75, 3.05) is 39.9 Å². The number of halogens is 1. The van der Waals surface area contributed by atoms with Gasteiger partial charge in [-0.15, -0.1) is 0 Å². The SMILES string of the molecule is CCOC(=O)C1CCN(C(=O)C2CCN(S(=O)(=O)c3ccc(OC)c(Cl)c3)CC2)CC1. The summed E-state index contributed by atoms with van der Waals surface area (Å²) < 4.78 is 37.5. The Morgan fingerprint density at radius 1 is 1.06 bits per heavy atom. The fourth-order valence-corrected chi connectivity index (χ4v) is 5.97. The van der Waals surface area contributed by atoms with Gasteiger partial charge in [0.2, 0.25) is 15.9 Å². The zero-order valence-corrected chi connectivity index (χ0v) is 19.5. The number of sulfonamides is 1. The van der Waals surface area contributed by atoms with Gasteiger partial charge in [0, 0.05) is 32.1 Å².